The zero-order chi connectivity index (χ0) is 16.9. The molecule has 2 heterocycles. The Labute approximate surface area is 142 Å². The van der Waals surface area contributed by atoms with Gasteiger partial charge in [-0.2, -0.15) is 5.26 Å². The van der Waals surface area contributed by atoms with E-state index in [1.165, 1.54) is 5.56 Å². The Kier molecular flexibility index (Phi) is 4.97. The first-order valence-electron chi connectivity index (χ1n) is 8.15. The van der Waals surface area contributed by atoms with Crippen LogP contribution in [0.1, 0.15) is 28.0 Å². The van der Waals surface area contributed by atoms with Crippen LogP contribution < -0.4 is 0 Å². The number of nitrogens with zero attached hydrogens (tertiary/aromatic N) is 3. The summed E-state index contributed by atoms with van der Waals surface area (Å²) in [6.07, 6.45) is 2.67. The van der Waals surface area contributed by atoms with Gasteiger partial charge in [-0.15, -0.1) is 0 Å². The third kappa shape index (κ3) is 3.84. The number of esters is 1. The van der Waals surface area contributed by atoms with E-state index in [0.717, 1.165) is 26.1 Å². The van der Waals surface area contributed by atoms with Crippen molar-refractivity contribution < 1.29 is 9.53 Å². The minimum Gasteiger partial charge on any atom is -0.461 e. The summed E-state index contributed by atoms with van der Waals surface area (Å²) >= 11 is 0. The van der Waals surface area contributed by atoms with Gasteiger partial charge in [-0.05, 0) is 24.6 Å². The number of carbonyl (C=O) groups is 1. The normalized spacial score (nSPS) is 17.6. The molecule has 124 valence electrons. The van der Waals surface area contributed by atoms with Crippen molar-refractivity contribution in [2.24, 2.45) is 13.0 Å². The van der Waals surface area contributed by atoms with Crippen LogP contribution in [-0.2, 0) is 18.3 Å². The van der Waals surface area contributed by atoms with E-state index in [-0.39, 0.29) is 5.97 Å². The van der Waals surface area contributed by atoms with Crippen LogP contribution in [0.25, 0.3) is 0 Å². The number of hydrogen-bond acceptors (Lipinski definition) is 4. The molecule has 5 nitrogen and oxygen atoms in total. The van der Waals surface area contributed by atoms with E-state index in [4.69, 9.17) is 10.00 Å². The Bertz CT molecular complexity index is 746. The zero-order valence-electron chi connectivity index (χ0n) is 13.8. The van der Waals surface area contributed by atoms with Gasteiger partial charge in [-0.25, -0.2) is 4.79 Å². The Hall–Kier alpha value is -2.58. The van der Waals surface area contributed by atoms with Crippen molar-refractivity contribution in [3.8, 4) is 6.07 Å². The number of benzene rings is 1. The lowest BCUT2D eigenvalue weighted by atomic mass is 10.1. The highest BCUT2D eigenvalue weighted by molar-refractivity contribution is 5.88. The topological polar surface area (TPSA) is 58.3 Å². The van der Waals surface area contributed by atoms with Crippen LogP contribution in [0.3, 0.4) is 0 Å². The SMILES string of the molecule is Cn1cc(C#N)cc1C(=O)OCC1CCN(Cc2ccccc2)C1. The van der Waals surface area contributed by atoms with Crippen LogP contribution in [0.15, 0.2) is 42.6 Å². The first-order valence-corrected chi connectivity index (χ1v) is 8.15. The molecular weight excluding hydrogens is 302 g/mol. The maximum atomic E-state index is 12.2. The predicted molar refractivity (Wildman–Crippen MR) is 90.2 cm³/mol. The molecule has 1 unspecified atom stereocenters. The maximum Gasteiger partial charge on any atom is 0.354 e. The fourth-order valence-electron chi connectivity index (χ4n) is 3.13. The van der Waals surface area contributed by atoms with Gasteiger partial charge < -0.3 is 9.30 Å². The molecule has 0 N–H and O–H groups in total. The third-order valence-electron chi connectivity index (χ3n) is 4.41. The number of rotatable bonds is 5. The van der Waals surface area contributed by atoms with Crippen LogP contribution >= 0.6 is 0 Å². The van der Waals surface area contributed by atoms with Crippen molar-refractivity contribution in [1.29, 1.82) is 5.26 Å². The van der Waals surface area contributed by atoms with Crippen molar-refractivity contribution in [3.63, 3.8) is 0 Å². The van der Waals surface area contributed by atoms with Crippen LogP contribution in [0.2, 0.25) is 0 Å². The minimum absolute atomic E-state index is 0.361. The van der Waals surface area contributed by atoms with Gasteiger partial charge in [0.05, 0.1) is 12.2 Å². The molecule has 2 aromatic rings. The van der Waals surface area contributed by atoms with Crippen molar-refractivity contribution in [3.05, 3.63) is 59.4 Å². The molecule has 1 aromatic carbocycles. The lowest BCUT2D eigenvalue weighted by Crippen LogP contribution is -2.22. The molecule has 1 saturated heterocycles. The Morgan fingerprint density at radius 3 is 2.88 bits per heavy atom. The largest absolute Gasteiger partial charge is 0.461 e. The van der Waals surface area contributed by atoms with Gasteiger partial charge in [0.1, 0.15) is 11.8 Å². The summed E-state index contributed by atoms with van der Waals surface area (Å²) in [7, 11) is 1.74. The molecule has 0 saturated carbocycles. The molecule has 0 bridgehead atoms. The molecule has 1 aliphatic rings. The van der Waals surface area contributed by atoms with Crippen LogP contribution in [-0.4, -0.2) is 35.1 Å². The predicted octanol–water partition coefficient (Wildman–Crippen LogP) is 2.58. The molecular formula is C19H21N3O2. The molecule has 5 heteroatoms. The van der Waals surface area contributed by atoms with Gasteiger partial charge in [0, 0.05) is 32.3 Å². The summed E-state index contributed by atoms with van der Waals surface area (Å²) in [5.41, 5.74) is 2.20. The number of likely N-dealkylation sites (tertiary alicyclic amines) is 1. The molecule has 1 atom stereocenters. The average Bonchev–Trinajstić information content (AvgIpc) is 3.20. The molecule has 1 aliphatic heterocycles. The fraction of sp³-hybridized carbons (Fsp3) is 0.368. The molecule has 1 fully saturated rings. The molecule has 24 heavy (non-hydrogen) atoms. The molecule has 0 aliphatic carbocycles. The van der Waals surface area contributed by atoms with Gasteiger partial charge in [0.25, 0.3) is 0 Å². The van der Waals surface area contributed by atoms with Gasteiger partial charge in [0.15, 0.2) is 0 Å². The highest BCUT2D eigenvalue weighted by atomic mass is 16.5. The quantitative estimate of drug-likeness (QED) is 0.794. The number of hydrogen-bond donors (Lipinski definition) is 0. The standard InChI is InChI=1S/C19H21N3O2/c1-21-11-17(10-20)9-18(21)19(23)24-14-16-7-8-22(13-16)12-15-5-3-2-4-6-15/h2-6,9,11,16H,7-8,12-14H2,1H3. The monoisotopic (exact) mass is 323 g/mol. The van der Waals surface area contributed by atoms with Gasteiger partial charge in [0.2, 0.25) is 0 Å². The fourth-order valence-corrected chi connectivity index (χ4v) is 3.13. The lowest BCUT2D eigenvalue weighted by molar-refractivity contribution is 0.0432. The van der Waals surface area contributed by atoms with Gasteiger partial charge in [-0.1, -0.05) is 30.3 Å². The summed E-state index contributed by atoms with van der Waals surface area (Å²) in [4.78, 5) is 14.6. The van der Waals surface area contributed by atoms with E-state index in [1.807, 2.05) is 12.1 Å². The molecule has 1 aromatic heterocycles. The number of carbonyl (C=O) groups excluding carboxylic acids is 1. The summed E-state index contributed by atoms with van der Waals surface area (Å²) < 4.78 is 7.09. The second-order valence-electron chi connectivity index (χ2n) is 6.31. The van der Waals surface area contributed by atoms with Crippen LogP contribution in [0.5, 0.6) is 0 Å². The second kappa shape index (κ2) is 7.33. The minimum atomic E-state index is -0.361. The van der Waals surface area contributed by atoms with E-state index in [1.54, 1.807) is 23.9 Å². The second-order valence-corrected chi connectivity index (χ2v) is 6.31. The average molecular weight is 323 g/mol. The number of nitriles is 1. The number of ether oxygens (including phenoxy) is 1. The molecule has 0 spiro atoms. The van der Waals surface area contributed by atoms with Crippen molar-refractivity contribution in [2.75, 3.05) is 19.7 Å². The van der Waals surface area contributed by atoms with E-state index < -0.39 is 0 Å². The van der Waals surface area contributed by atoms with E-state index in [9.17, 15) is 4.79 Å². The first-order chi connectivity index (χ1) is 11.7. The summed E-state index contributed by atoms with van der Waals surface area (Å²) in [6, 6.07) is 14.0. The molecule has 3 rings (SSSR count). The van der Waals surface area contributed by atoms with Gasteiger partial charge in [-0.3, -0.25) is 4.90 Å². The third-order valence-corrected chi connectivity index (χ3v) is 4.41. The maximum absolute atomic E-state index is 12.2. The van der Waals surface area contributed by atoms with Crippen molar-refractivity contribution in [1.82, 2.24) is 9.47 Å². The number of aromatic nitrogens is 1. The van der Waals surface area contributed by atoms with Crippen molar-refractivity contribution in [2.45, 2.75) is 13.0 Å². The summed E-state index contributed by atoms with van der Waals surface area (Å²) in [5, 5.41) is 8.89. The highest BCUT2D eigenvalue weighted by Gasteiger charge is 2.24. The Morgan fingerprint density at radius 1 is 1.38 bits per heavy atom. The highest BCUT2D eigenvalue weighted by Crippen LogP contribution is 2.19. The van der Waals surface area contributed by atoms with E-state index in [2.05, 4.69) is 29.2 Å². The zero-order valence-corrected chi connectivity index (χ0v) is 13.8. The smallest absolute Gasteiger partial charge is 0.354 e. The molecule has 0 amide bonds. The van der Waals surface area contributed by atoms with Crippen LogP contribution in [0, 0.1) is 17.2 Å². The number of aryl methyl sites for hydroxylation is 1. The summed E-state index contributed by atoms with van der Waals surface area (Å²) in [5.74, 6) is 0.00822. The lowest BCUT2D eigenvalue weighted by Gasteiger charge is -2.16. The van der Waals surface area contributed by atoms with E-state index in [0.29, 0.717) is 23.8 Å². The Morgan fingerprint density at radius 2 is 2.17 bits per heavy atom. The van der Waals surface area contributed by atoms with E-state index >= 15 is 0 Å². The summed E-state index contributed by atoms with van der Waals surface area (Å²) in [6.45, 7) is 3.34. The van der Waals surface area contributed by atoms with Gasteiger partial charge >= 0.3 is 5.97 Å². The Balaban J connectivity index is 1.48. The molecule has 0 radical (unpaired) electrons. The first kappa shape index (κ1) is 16.3. The van der Waals surface area contributed by atoms with Crippen LogP contribution in [0.4, 0.5) is 0 Å². The van der Waals surface area contributed by atoms with Crippen molar-refractivity contribution >= 4 is 5.97 Å².